The van der Waals surface area contributed by atoms with Gasteiger partial charge in [-0.3, -0.25) is 14.4 Å². The minimum atomic E-state index is -1.57. The zero-order valence-electron chi connectivity index (χ0n) is 32.1. The van der Waals surface area contributed by atoms with Crippen molar-refractivity contribution in [3.63, 3.8) is 0 Å². The summed E-state index contributed by atoms with van der Waals surface area (Å²) in [5.41, 5.74) is 2.22. The number of hydrogen-bond acceptors (Lipinski definition) is 10. The summed E-state index contributed by atoms with van der Waals surface area (Å²) in [5.74, 6) is -2.36. The van der Waals surface area contributed by atoms with Gasteiger partial charge in [0.25, 0.3) is 0 Å². The van der Waals surface area contributed by atoms with Gasteiger partial charge >= 0.3 is 17.9 Å². The predicted octanol–water partition coefficient (Wildman–Crippen LogP) is 7.87. The molecule has 3 rings (SSSR count). The molecule has 1 aliphatic heterocycles. The molecule has 0 saturated carbocycles. The number of carbonyl (C=O) groups excluding carboxylic acids is 4. The standard InChI is InChI=1S/C41H51BrN2O9S/c1-28-16-20-31-12-9-14-35(52-37(46)26-30-18-21-32(42)22-19-30)39(31)40(48)51-33(13-10-24-43-36(45)15-11-25-44-49-6)27-38(47)50-29(2)17-23-34(28)53-54(7,8)41(3,4)5/h9-12,14-19,21-25,29,33-34H,13,20,26-27H2,1-8H3,(H,43,45)/b15-11+,23-17+,24-10+,28-16-,44-25+/t29-,33-,34-/m0/s1. The number of benzene rings is 2. The molecule has 0 aliphatic carbocycles. The molecule has 0 spiro atoms. The number of halogens is 1. The number of esters is 3. The Bertz CT molecular complexity index is 1780. The third kappa shape index (κ3) is 14.4. The van der Waals surface area contributed by atoms with E-state index in [0.717, 1.165) is 15.6 Å². The second kappa shape index (κ2) is 20.8. The Morgan fingerprint density at radius 3 is 2.48 bits per heavy atom. The molecule has 1 amide bonds. The van der Waals surface area contributed by atoms with Crippen molar-refractivity contribution in [2.24, 2.45) is 5.16 Å². The van der Waals surface area contributed by atoms with Crippen molar-refractivity contribution in [1.29, 1.82) is 0 Å². The van der Waals surface area contributed by atoms with Crippen LogP contribution in [0.1, 0.15) is 68.9 Å². The number of carbonyl (C=O) groups is 4. The highest BCUT2D eigenvalue weighted by molar-refractivity contribution is 9.10. The Morgan fingerprint density at radius 2 is 1.80 bits per heavy atom. The Kier molecular flexibility index (Phi) is 17.0. The first-order valence-electron chi connectivity index (χ1n) is 17.4. The molecule has 54 heavy (non-hydrogen) atoms. The van der Waals surface area contributed by atoms with Crippen molar-refractivity contribution < 1.29 is 42.4 Å². The van der Waals surface area contributed by atoms with Gasteiger partial charge in [0, 0.05) is 27.9 Å². The van der Waals surface area contributed by atoms with Gasteiger partial charge in [0.2, 0.25) is 5.91 Å². The molecule has 2 aromatic rings. The molecule has 0 fully saturated rings. The molecule has 0 unspecified atom stereocenters. The van der Waals surface area contributed by atoms with E-state index < -0.39 is 52.4 Å². The van der Waals surface area contributed by atoms with E-state index in [9.17, 15) is 19.2 Å². The van der Waals surface area contributed by atoms with E-state index >= 15 is 0 Å². The fourth-order valence-electron chi connectivity index (χ4n) is 4.80. The largest absolute Gasteiger partial charge is 0.458 e. The van der Waals surface area contributed by atoms with Crippen LogP contribution in [0, 0.1) is 0 Å². The van der Waals surface area contributed by atoms with Crippen LogP contribution in [-0.2, 0) is 45.7 Å². The van der Waals surface area contributed by atoms with Gasteiger partial charge in [0.1, 0.15) is 36.7 Å². The minimum Gasteiger partial charge on any atom is -0.458 e. The quantitative estimate of drug-likeness (QED) is 0.0599. The lowest BCUT2D eigenvalue weighted by Crippen LogP contribution is -2.29. The average molecular weight is 828 g/mol. The van der Waals surface area contributed by atoms with Gasteiger partial charge in [0.15, 0.2) is 0 Å². The zero-order valence-corrected chi connectivity index (χ0v) is 34.5. The number of nitrogens with one attached hydrogen (secondary N) is 1. The Morgan fingerprint density at radius 1 is 1.07 bits per heavy atom. The fraction of sp³-hybridized carbons (Fsp3) is 0.390. The third-order valence-electron chi connectivity index (χ3n) is 8.50. The van der Waals surface area contributed by atoms with Crippen molar-refractivity contribution >= 4 is 56.3 Å². The summed E-state index contributed by atoms with van der Waals surface area (Å²) >= 11 is 3.40. The number of oxime groups is 1. The molecule has 3 atom stereocenters. The van der Waals surface area contributed by atoms with Crippen molar-refractivity contribution in [1.82, 2.24) is 5.32 Å². The zero-order chi connectivity index (χ0) is 39.9. The molecule has 0 radical (unpaired) electrons. The molecule has 292 valence electrons. The highest BCUT2D eigenvalue weighted by Crippen LogP contribution is 2.55. The van der Waals surface area contributed by atoms with Gasteiger partial charge in [0.05, 0.1) is 19.1 Å². The summed E-state index contributed by atoms with van der Waals surface area (Å²) in [6.07, 6.45) is 14.8. The number of fused-ring (bicyclic) bond motifs is 1. The smallest absolute Gasteiger partial charge is 0.342 e. The highest BCUT2D eigenvalue weighted by atomic mass is 79.9. The first kappa shape index (κ1) is 43.9. The number of amides is 1. The van der Waals surface area contributed by atoms with Crippen LogP contribution in [0.4, 0.5) is 0 Å². The normalized spacial score (nSPS) is 20.9. The van der Waals surface area contributed by atoms with E-state index in [-0.39, 0.29) is 41.7 Å². The second-order valence-corrected chi connectivity index (χ2v) is 18.6. The minimum absolute atomic E-state index is 0.0280. The van der Waals surface area contributed by atoms with Gasteiger partial charge in [-0.2, -0.15) is 0 Å². The van der Waals surface area contributed by atoms with Gasteiger partial charge < -0.3 is 28.5 Å². The summed E-state index contributed by atoms with van der Waals surface area (Å²) in [7, 11) is -0.188. The van der Waals surface area contributed by atoms with Crippen molar-refractivity contribution in [3.8, 4) is 5.75 Å². The van der Waals surface area contributed by atoms with E-state index in [0.29, 0.717) is 5.56 Å². The third-order valence-corrected chi connectivity index (χ3v) is 12.7. The number of rotatable bonds is 11. The monoisotopic (exact) mass is 826 g/mol. The number of nitrogens with zero attached hydrogens (tertiary/aromatic N) is 1. The maximum atomic E-state index is 14.1. The lowest BCUT2D eigenvalue weighted by atomic mass is 10.0. The maximum absolute atomic E-state index is 14.1. The average Bonchev–Trinajstić information content (AvgIpc) is 3.09. The summed E-state index contributed by atoms with van der Waals surface area (Å²) < 4.78 is 25.0. The first-order valence-corrected chi connectivity index (χ1v) is 20.6. The van der Waals surface area contributed by atoms with E-state index in [1.807, 2.05) is 31.2 Å². The van der Waals surface area contributed by atoms with Crippen molar-refractivity contribution in [3.05, 3.63) is 112 Å². The fourth-order valence-corrected chi connectivity index (χ4v) is 6.09. The highest BCUT2D eigenvalue weighted by Gasteiger charge is 2.32. The van der Waals surface area contributed by atoms with Crippen LogP contribution >= 0.6 is 26.2 Å². The Labute approximate surface area is 328 Å². The summed E-state index contributed by atoms with van der Waals surface area (Å²) in [4.78, 5) is 57.2. The van der Waals surface area contributed by atoms with Gasteiger partial charge in [-0.05, 0) is 79.8 Å². The van der Waals surface area contributed by atoms with Crippen LogP contribution in [0.25, 0.3) is 0 Å². The molecule has 0 saturated heterocycles. The summed E-state index contributed by atoms with van der Waals surface area (Å²) in [6, 6.07) is 12.3. The Balaban J connectivity index is 2.02. The van der Waals surface area contributed by atoms with Crippen LogP contribution in [0.15, 0.2) is 100 Å². The summed E-state index contributed by atoms with van der Waals surface area (Å²) in [6.45, 7) is 10.1. The van der Waals surface area contributed by atoms with E-state index in [1.165, 1.54) is 31.7 Å². The topological polar surface area (TPSA) is 139 Å². The molecule has 1 N–H and O–H groups in total. The maximum Gasteiger partial charge on any atom is 0.342 e. The van der Waals surface area contributed by atoms with Crippen molar-refractivity contribution in [2.45, 2.75) is 83.4 Å². The molecular weight excluding hydrogens is 776 g/mol. The molecule has 0 bridgehead atoms. The molecule has 13 heteroatoms. The van der Waals surface area contributed by atoms with Crippen LogP contribution < -0.4 is 10.1 Å². The van der Waals surface area contributed by atoms with Gasteiger partial charge in [-0.25, -0.2) is 4.79 Å². The van der Waals surface area contributed by atoms with Crippen LogP contribution in [0.5, 0.6) is 5.75 Å². The lowest BCUT2D eigenvalue weighted by molar-refractivity contribution is -0.148. The lowest BCUT2D eigenvalue weighted by Gasteiger charge is -2.45. The number of allylic oxidation sites excluding steroid dienone is 2. The Hall–Kier alpha value is -4.46. The second-order valence-electron chi connectivity index (χ2n) is 13.8. The molecule has 1 aliphatic rings. The van der Waals surface area contributed by atoms with Crippen molar-refractivity contribution in [2.75, 3.05) is 19.6 Å². The van der Waals surface area contributed by atoms with Crippen LogP contribution in [0.2, 0.25) is 0 Å². The number of hydrogen-bond donors (Lipinski definition) is 1. The number of ether oxygens (including phenoxy) is 3. The molecule has 1 heterocycles. The van der Waals surface area contributed by atoms with Gasteiger partial charge in [-0.15, -0.1) is 10.3 Å². The van der Waals surface area contributed by atoms with E-state index in [1.54, 1.807) is 49.4 Å². The van der Waals surface area contributed by atoms with Gasteiger partial charge in [-0.1, -0.05) is 84.4 Å². The van der Waals surface area contributed by atoms with Crippen LogP contribution in [0.3, 0.4) is 0 Å². The molecule has 11 nitrogen and oxygen atoms in total. The summed E-state index contributed by atoms with van der Waals surface area (Å²) in [5, 5.41) is 6.10. The first-order chi connectivity index (χ1) is 25.5. The van der Waals surface area contributed by atoms with E-state index in [2.05, 4.69) is 64.5 Å². The van der Waals surface area contributed by atoms with Crippen LogP contribution in [-0.4, -0.2) is 72.7 Å². The molecular formula is C41H51BrN2O9S. The SMILES string of the molecule is CO/N=C/C=C/C(=O)N/C=C/C[C@H]1CC(=O)O[C@@H](C)/C=C/[C@H](OS(C)(C)C(C)(C)C)/C(C)=C\Cc2cccc(OC(=O)Cc3ccc(Br)cc3)c2C(=O)O1. The predicted molar refractivity (Wildman–Crippen MR) is 217 cm³/mol. The van der Waals surface area contributed by atoms with E-state index in [4.69, 9.17) is 18.4 Å². The molecule has 2 aromatic carbocycles. The number of cyclic esters (lactones) is 2. The molecule has 0 aromatic heterocycles.